The normalized spacial score (nSPS) is 10.3. The maximum absolute atomic E-state index is 11.2. The largest absolute Gasteiger partial charge is 0.391 e. The molecule has 4 N–H and O–H groups in total. The zero-order chi connectivity index (χ0) is 11.5. The van der Waals surface area contributed by atoms with Crippen LogP contribution in [0.25, 0.3) is 0 Å². The van der Waals surface area contributed by atoms with Crippen molar-refractivity contribution < 1.29 is 0 Å². The number of anilines is 2. The quantitative estimate of drug-likeness (QED) is 0.731. The number of nitrogens with one attached hydrogen (secondary N) is 2. The van der Waals surface area contributed by atoms with E-state index >= 15 is 0 Å². The number of hydrogen-bond acceptors (Lipinski definition) is 6. The van der Waals surface area contributed by atoms with Crippen molar-refractivity contribution in [1.82, 2.24) is 15.0 Å². The fourth-order valence-electron chi connectivity index (χ4n) is 1.21. The molecule has 84 valence electrons. The van der Waals surface area contributed by atoms with E-state index in [1.165, 1.54) is 6.33 Å². The highest BCUT2D eigenvalue weighted by Gasteiger charge is 2.05. The first-order chi connectivity index (χ1) is 7.68. The summed E-state index contributed by atoms with van der Waals surface area (Å²) in [5.74, 6) is 0.400. The van der Waals surface area contributed by atoms with Crippen molar-refractivity contribution in [2.45, 2.75) is 13.5 Å². The van der Waals surface area contributed by atoms with Gasteiger partial charge in [0.05, 0.1) is 24.1 Å². The van der Waals surface area contributed by atoms with Crippen LogP contribution in [0.2, 0.25) is 0 Å². The molecule has 0 unspecified atom stereocenters. The molecule has 0 aliphatic rings. The van der Waals surface area contributed by atoms with Gasteiger partial charge in [0, 0.05) is 4.88 Å². The molecule has 0 saturated carbocycles. The van der Waals surface area contributed by atoms with Gasteiger partial charge in [-0.1, -0.05) is 0 Å². The van der Waals surface area contributed by atoms with Gasteiger partial charge in [0.25, 0.3) is 5.56 Å². The molecule has 0 atom stereocenters. The second kappa shape index (κ2) is 4.31. The van der Waals surface area contributed by atoms with Crippen molar-refractivity contribution in [2.24, 2.45) is 0 Å². The van der Waals surface area contributed by atoms with E-state index in [2.05, 4.69) is 20.3 Å². The lowest BCUT2D eigenvalue weighted by molar-refractivity contribution is 1.06. The molecule has 0 spiro atoms. The number of H-pyrrole nitrogens is 1. The molecule has 16 heavy (non-hydrogen) atoms. The fraction of sp³-hybridized carbons (Fsp3) is 0.222. The number of nitrogen functional groups attached to an aromatic ring is 1. The molecule has 0 fully saturated rings. The molecule has 6 nitrogen and oxygen atoms in total. The topological polar surface area (TPSA) is 96.7 Å². The SMILES string of the molecule is Cc1ncsc1CNc1nc[nH]c(=O)c1N. The summed E-state index contributed by atoms with van der Waals surface area (Å²) in [6.45, 7) is 2.50. The lowest BCUT2D eigenvalue weighted by atomic mass is 10.4. The van der Waals surface area contributed by atoms with Gasteiger partial charge in [-0.25, -0.2) is 9.97 Å². The monoisotopic (exact) mass is 237 g/mol. The minimum Gasteiger partial charge on any atom is -0.391 e. The molecule has 0 aliphatic heterocycles. The van der Waals surface area contributed by atoms with Crippen LogP contribution < -0.4 is 16.6 Å². The molecule has 0 aromatic carbocycles. The van der Waals surface area contributed by atoms with Crippen molar-refractivity contribution in [2.75, 3.05) is 11.1 Å². The average molecular weight is 237 g/mol. The Bertz CT molecular complexity index is 547. The van der Waals surface area contributed by atoms with Crippen LogP contribution in [-0.4, -0.2) is 15.0 Å². The van der Waals surface area contributed by atoms with Crippen molar-refractivity contribution in [3.8, 4) is 0 Å². The average Bonchev–Trinajstić information content (AvgIpc) is 2.67. The Morgan fingerprint density at radius 3 is 3.06 bits per heavy atom. The van der Waals surface area contributed by atoms with Gasteiger partial charge in [0.1, 0.15) is 5.69 Å². The summed E-state index contributed by atoms with van der Waals surface area (Å²) in [5.41, 5.74) is 8.10. The van der Waals surface area contributed by atoms with Crippen LogP contribution in [0, 0.1) is 6.92 Å². The molecule has 0 radical (unpaired) electrons. The second-order valence-electron chi connectivity index (χ2n) is 3.21. The number of hydrogen-bond donors (Lipinski definition) is 3. The number of thiazole rings is 1. The lowest BCUT2D eigenvalue weighted by Gasteiger charge is -2.05. The summed E-state index contributed by atoms with van der Waals surface area (Å²) in [5, 5.41) is 3.01. The molecule has 2 heterocycles. The molecule has 2 aromatic rings. The van der Waals surface area contributed by atoms with E-state index in [-0.39, 0.29) is 11.2 Å². The van der Waals surface area contributed by atoms with Crippen LogP contribution in [0.4, 0.5) is 11.5 Å². The standard InChI is InChI=1S/C9H11N5OS/c1-5-6(16-4-14-5)2-11-8-7(10)9(15)13-3-12-8/h3-4H,2,10H2,1H3,(H2,11,12,13,15). The Balaban J connectivity index is 2.14. The summed E-state index contributed by atoms with van der Waals surface area (Å²) in [4.78, 5) is 22.8. The third-order valence-corrected chi connectivity index (χ3v) is 3.09. The summed E-state index contributed by atoms with van der Waals surface area (Å²) in [7, 11) is 0. The molecule has 0 aliphatic carbocycles. The number of aryl methyl sites for hydroxylation is 1. The van der Waals surface area contributed by atoms with Crippen LogP contribution in [0.5, 0.6) is 0 Å². The Kier molecular flexibility index (Phi) is 2.86. The lowest BCUT2D eigenvalue weighted by Crippen LogP contribution is -2.16. The van der Waals surface area contributed by atoms with Gasteiger partial charge in [-0.15, -0.1) is 11.3 Å². The molecule has 0 bridgehead atoms. The van der Waals surface area contributed by atoms with Crippen LogP contribution in [0.3, 0.4) is 0 Å². The van der Waals surface area contributed by atoms with Gasteiger partial charge < -0.3 is 16.0 Å². The first-order valence-corrected chi connectivity index (χ1v) is 5.52. The maximum Gasteiger partial charge on any atom is 0.276 e. The van der Waals surface area contributed by atoms with E-state index in [0.29, 0.717) is 12.4 Å². The smallest absolute Gasteiger partial charge is 0.276 e. The first kappa shape index (κ1) is 10.6. The predicted octanol–water partition coefficient (Wildman–Crippen LogP) is 0.729. The third-order valence-electron chi connectivity index (χ3n) is 2.15. The number of aromatic amines is 1. The maximum atomic E-state index is 11.2. The van der Waals surface area contributed by atoms with Gasteiger partial charge in [-0.3, -0.25) is 4.79 Å². The van der Waals surface area contributed by atoms with Crippen molar-refractivity contribution in [3.05, 3.63) is 32.8 Å². The highest BCUT2D eigenvalue weighted by molar-refractivity contribution is 7.09. The Labute approximate surface area is 95.6 Å². The van der Waals surface area contributed by atoms with Gasteiger partial charge >= 0.3 is 0 Å². The number of nitrogens with zero attached hydrogens (tertiary/aromatic N) is 2. The van der Waals surface area contributed by atoms with E-state index in [0.717, 1.165) is 10.6 Å². The van der Waals surface area contributed by atoms with Crippen molar-refractivity contribution >= 4 is 22.8 Å². The van der Waals surface area contributed by atoms with Gasteiger partial charge in [0.2, 0.25) is 0 Å². The van der Waals surface area contributed by atoms with Crippen LogP contribution >= 0.6 is 11.3 Å². The summed E-state index contributed by atoms with van der Waals surface area (Å²) in [6.07, 6.45) is 1.32. The Morgan fingerprint density at radius 2 is 2.38 bits per heavy atom. The van der Waals surface area contributed by atoms with Crippen molar-refractivity contribution in [1.29, 1.82) is 0 Å². The minimum absolute atomic E-state index is 0.102. The highest BCUT2D eigenvalue weighted by atomic mass is 32.1. The predicted molar refractivity (Wildman–Crippen MR) is 63.4 cm³/mol. The molecular weight excluding hydrogens is 226 g/mol. The number of rotatable bonds is 3. The number of aromatic nitrogens is 3. The summed E-state index contributed by atoms with van der Waals surface area (Å²) in [6, 6.07) is 0. The van der Waals surface area contributed by atoms with E-state index in [1.807, 2.05) is 6.92 Å². The van der Waals surface area contributed by atoms with Crippen LogP contribution in [0.1, 0.15) is 10.6 Å². The van der Waals surface area contributed by atoms with Gasteiger partial charge in [-0.2, -0.15) is 0 Å². The van der Waals surface area contributed by atoms with E-state index in [9.17, 15) is 4.79 Å². The zero-order valence-electron chi connectivity index (χ0n) is 8.65. The fourth-order valence-corrected chi connectivity index (χ4v) is 1.93. The summed E-state index contributed by atoms with van der Waals surface area (Å²) < 4.78 is 0. The molecular formula is C9H11N5OS. The minimum atomic E-state index is -0.335. The zero-order valence-corrected chi connectivity index (χ0v) is 9.47. The second-order valence-corrected chi connectivity index (χ2v) is 4.15. The van der Waals surface area contributed by atoms with E-state index < -0.39 is 0 Å². The Hall–Kier alpha value is -1.89. The molecule has 0 amide bonds. The van der Waals surface area contributed by atoms with E-state index in [1.54, 1.807) is 16.8 Å². The molecule has 2 aromatic heterocycles. The highest BCUT2D eigenvalue weighted by Crippen LogP contribution is 2.15. The first-order valence-electron chi connectivity index (χ1n) is 4.64. The molecule has 7 heteroatoms. The van der Waals surface area contributed by atoms with Crippen LogP contribution in [0.15, 0.2) is 16.6 Å². The molecule has 2 rings (SSSR count). The molecule has 0 saturated heterocycles. The van der Waals surface area contributed by atoms with Gasteiger partial charge in [0.15, 0.2) is 5.82 Å². The van der Waals surface area contributed by atoms with Crippen LogP contribution in [-0.2, 0) is 6.54 Å². The van der Waals surface area contributed by atoms with Crippen molar-refractivity contribution in [3.63, 3.8) is 0 Å². The van der Waals surface area contributed by atoms with E-state index in [4.69, 9.17) is 5.73 Å². The Morgan fingerprint density at radius 1 is 1.56 bits per heavy atom. The summed E-state index contributed by atoms with van der Waals surface area (Å²) >= 11 is 1.55. The van der Waals surface area contributed by atoms with Gasteiger partial charge in [-0.05, 0) is 6.92 Å². The number of nitrogens with two attached hydrogens (primary N) is 1. The third kappa shape index (κ3) is 2.03.